The Morgan fingerprint density at radius 2 is 1.91 bits per heavy atom. The Balaban J connectivity index is 1.19. The molecule has 0 amide bonds. The molecule has 1 unspecified atom stereocenters. The van der Waals surface area contributed by atoms with Crippen LogP contribution in [0.5, 0.6) is 5.75 Å². The third kappa shape index (κ3) is 9.27. The second-order valence-corrected chi connectivity index (χ2v) is 10.1. The largest absolute Gasteiger partial charge is 0.497 e. The van der Waals surface area contributed by atoms with Gasteiger partial charge in [0.15, 0.2) is 11.6 Å². The molecule has 0 bridgehead atoms. The zero-order valence-corrected chi connectivity index (χ0v) is 21.2. The number of Topliss-reactive ketones (excluding diaryl/α,β-unsaturated/α-hetero) is 1. The Morgan fingerprint density at radius 1 is 1.15 bits per heavy atom. The molecule has 0 aromatic heterocycles. The molecule has 2 fully saturated rings. The van der Waals surface area contributed by atoms with Crippen LogP contribution in [0.2, 0.25) is 0 Å². The molecule has 2 aliphatic heterocycles. The molecule has 34 heavy (non-hydrogen) atoms. The topological polar surface area (TPSA) is 86.8 Å². The van der Waals surface area contributed by atoms with Crippen molar-refractivity contribution in [1.82, 2.24) is 0 Å². The highest BCUT2D eigenvalue weighted by atomic mass is 16.7. The van der Waals surface area contributed by atoms with Crippen LogP contribution in [0, 0.1) is 0 Å². The van der Waals surface area contributed by atoms with Crippen LogP contribution in [-0.2, 0) is 30.3 Å². The van der Waals surface area contributed by atoms with Crippen LogP contribution in [0.25, 0.3) is 0 Å². The van der Waals surface area contributed by atoms with Gasteiger partial charge in [-0.3, -0.25) is 4.79 Å². The lowest BCUT2D eigenvalue weighted by Crippen LogP contribution is -2.43. The highest BCUT2D eigenvalue weighted by molar-refractivity contribution is 5.86. The maximum absolute atomic E-state index is 12.4. The van der Waals surface area contributed by atoms with E-state index < -0.39 is 11.9 Å². The summed E-state index contributed by atoms with van der Waals surface area (Å²) in [5, 5.41) is 10.3. The lowest BCUT2D eigenvalue weighted by Gasteiger charge is -2.39. The van der Waals surface area contributed by atoms with Crippen molar-refractivity contribution in [2.24, 2.45) is 0 Å². The van der Waals surface area contributed by atoms with E-state index in [0.29, 0.717) is 19.6 Å². The van der Waals surface area contributed by atoms with E-state index in [-0.39, 0.29) is 36.6 Å². The molecule has 2 heterocycles. The van der Waals surface area contributed by atoms with Gasteiger partial charge in [0.25, 0.3) is 0 Å². The van der Waals surface area contributed by atoms with Crippen molar-refractivity contribution in [2.45, 2.75) is 115 Å². The maximum atomic E-state index is 12.4. The fourth-order valence-electron chi connectivity index (χ4n) is 4.70. The molecular weight excluding hydrogens is 436 g/mol. The number of benzene rings is 1. The van der Waals surface area contributed by atoms with Crippen molar-refractivity contribution < 1.29 is 33.6 Å². The van der Waals surface area contributed by atoms with Crippen LogP contribution in [-0.4, -0.2) is 60.9 Å². The molecule has 0 radical (unpaired) electrons. The molecule has 1 N–H and O–H groups in total. The van der Waals surface area contributed by atoms with E-state index in [2.05, 4.69) is 6.92 Å². The van der Waals surface area contributed by atoms with Gasteiger partial charge in [-0.15, -0.1) is 0 Å². The second kappa shape index (κ2) is 13.0. The third-order valence-corrected chi connectivity index (χ3v) is 6.39. The predicted molar refractivity (Wildman–Crippen MR) is 129 cm³/mol. The standard InChI is InChI=1S/C27H42O7/c1-19-16-23(34-27(2,3)33-19)9-7-8-21(28)17-24(29)26-25(32-26)10-5-6-15-31-18-20-11-13-22(30-4)14-12-20/h11-14,19,21,23,25-26,28H,5-10,15-18H2,1-4H3/t19-,21?,23+,25+,26-/m0/s1. The first-order chi connectivity index (χ1) is 16.3. The minimum absolute atomic E-state index is 0.000598. The highest BCUT2D eigenvalue weighted by Gasteiger charge is 2.44. The van der Waals surface area contributed by atoms with Gasteiger partial charge in [0.2, 0.25) is 0 Å². The molecule has 1 aromatic carbocycles. The number of ketones is 1. The van der Waals surface area contributed by atoms with Gasteiger partial charge in [0.1, 0.15) is 11.9 Å². The Labute approximate surface area is 204 Å². The van der Waals surface area contributed by atoms with Gasteiger partial charge in [-0.2, -0.15) is 0 Å². The summed E-state index contributed by atoms with van der Waals surface area (Å²) in [6.45, 7) is 7.20. The van der Waals surface area contributed by atoms with Crippen LogP contribution < -0.4 is 4.74 Å². The van der Waals surface area contributed by atoms with E-state index >= 15 is 0 Å². The van der Waals surface area contributed by atoms with Gasteiger partial charge in [0.05, 0.1) is 38.1 Å². The molecule has 7 heteroatoms. The summed E-state index contributed by atoms with van der Waals surface area (Å²) in [4.78, 5) is 12.4. The average molecular weight is 479 g/mol. The van der Waals surface area contributed by atoms with Gasteiger partial charge in [0, 0.05) is 13.0 Å². The molecule has 0 saturated carbocycles. The number of methoxy groups -OCH3 is 1. The SMILES string of the molecule is COc1ccc(COCCCC[C@H]2O[C@H]2C(=O)CC(O)CCC[C@@H]2C[C@H](C)OC(C)(C)O2)cc1. The van der Waals surface area contributed by atoms with Gasteiger partial charge in [-0.05, 0) is 83.4 Å². The normalized spacial score (nSPS) is 26.7. The van der Waals surface area contributed by atoms with Crippen molar-refractivity contribution in [3.63, 3.8) is 0 Å². The molecule has 192 valence electrons. The van der Waals surface area contributed by atoms with Crippen molar-refractivity contribution in [2.75, 3.05) is 13.7 Å². The van der Waals surface area contributed by atoms with E-state index in [1.165, 1.54) is 0 Å². The van der Waals surface area contributed by atoms with Crippen molar-refractivity contribution in [1.29, 1.82) is 0 Å². The van der Waals surface area contributed by atoms with Gasteiger partial charge in [-0.1, -0.05) is 12.1 Å². The number of hydrogen-bond acceptors (Lipinski definition) is 7. The monoisotopic (exact) mass is 478 g/mol. The number of unbranched alkanes of at least 4 members (excludes halogenated alkanes) is 1. The zero-order chi connectivity index (χ0) is 24.6. The van der Waals surface area contributed by atoms with Gasteiger partial charge < -0.3 is 28.8 Å². The van der Waals surface area contributed by atoms with E-state index in [1.807, 2.05) is 38.1 Å². The van der Waals surface area contributed by atoms with Crippen LogP contribution in [0.4, 0.5) is 0 Å². The lowest BCUT2D eigenvalue weighted by atomic mass is 9.99. The number of carbonyl (C=O) groups is 1. The number of epoxide rings is 1. The van der Waals surface area contributed by atoms with Crippen LogP contribution >= 0.6 is 0 Å². The van der Waals surface area contributed by atoms with Crippen LogP contribution in [0.1, 0.15) is 77.7 Å². The first kappa shape index (κ1) is 27.1. The molecule has 2 aliphatic rings. The number of hydrogen-bond donors (Lipinski definition) is 1. The number of ether oxygens (including phenoxy) is 5. The molecule has 0 spiro atoms. The van der Waals surface area contributed by atoms with E-state index in [1.54, 1.807) is 7.11 Å². The molecule has 0 aliphatic carbocycles. The summed E-state index contributed by atoms with van der Waals surface area (Å²) >= 11 is 0. The minimum Gasteiger partial charge on any atom is -0.497 e. The smallest absolute Gasteiger partial charge is 0.166 e. The van der Waals surface area contributed by atoms with Crippen molar-refractivity contribution in [3.8, 4) is 5.75 Å². The number of carbonyl (C=O) groups excluding carboxylic acids is 1. The first-order valence-electron chi connectivity index (χ1n) is 12.7. The Morgan fingerprint density at radius 3 is 2.62 bits per heavy atom. The second-order valence-electron chi connectivity index (χ2n) is 10.1. The number of aliphatic hydroxyl groups is 1. The molecule has 5 atom stereocenters. The molecule has 1 aromatic rings. The Kier molecular flexibility index (Phi) is 10.3. The van der Waals surface area contributed by atoms with Crippen LogP contribution in [0.3, 0.4) is 0 Å². The molecular formula is C27H42O7. The number of rotatable bonds is 15. The summed E-state index contributed by atoms with van der Waals surface area (Å²) in [6, 6.07) is 7.86. The van der Waals surface area contributed by atoms with Gasteiger partial charge >= 0.3 is 0 Å². The third-order valence-electron chi connectivity index (χ3n) is 6.39. The van der Waals surface area contributed by atoms with Crippen LogP contribution in [0.15, 0.2) is 24.3 Å². The average Bonchev–Trinajstić information content (AvgIpc) is 3.55. The van der Waals surface area contributed by atoms with Crippen molar-refractivity contribution >= 4 is 5.78 Å². The zero-order valence-electron chi connectivity index (χ0n) is 21.2. The number of aliphatic hydroxyl groups excluding tert-OH is 1. The first-order valence-corrected chi connectivity index (χ1v) is 12.7. The predicted octanol–water partition coefficient (Wildman–Crippen LogP) is 4.57. The minimum atomic E-state index is -0.617. The van der Waals surface area contributed by atoms with Gasteiger partial charge in [-0.25, -0.2) is 0 Å². The van der Waals surface area contributed by atoms with E-state index in [9.17, 15) is 9.90 Å². The summed E-state index contributed by atoms with van der Waals surface area (Å²) in [5.74, 6) is 0.302. The highest BCUT2D eigenvalue weighted by Crippen LogP contribution is 2.31. The quantitative estimate of drug-likeness (QED) is 0.292. The van der Waals surface area contributed by atoms with E-state index in [0.717, 1.165) is 49.8 Å². The van der Waals surface area contributed by atoms with E-state index in [4.69, 9.17) is 23.7 Å². The molecule has 2 saturated heterocycles. The molecule has 7 nitrogen and oxygen atoms in total. The lowest BCUT2D eigenvalue weighted by molar-refractivity contribution is -0.296. The summed E-state index contributed by atoms with van der Waals surface area (Å²) in [7, 11) is 1.65. The summed E-state index contributed by atoms with van der Waals surface area (Å²) < 4.78 is 28.2. The summed E-state index contributed by atoms with van der Waals surface area (Å²) in [5.41, 5.74) is 1.12. The molecule has 3 rings (SSSR count). The fraction of sp³-hybridized carbons (Fsp3) is 0.741. The fourth-order valence-corrected chi connectivity index (χ4v) is 4.70. The Bertz CT molecular complexity index is 748. The Hall–Kier alpha value is -1.51. The van der Waals surface area contributed by atoms with Crippen molar-refractivity contribution in [3.05, 3.63) is 29.8 Å². The maximum Gasteiger partial charge on any atom is 0.166 e. The summed E-state index contributed by atoms with van der Waals surface area (Å²) in [6.07, 6.45) is 5.43.